The molecule has 1 heterocycles. The summed E-state index contributed by atoms with van der Waals surface area (Å²) < 4.78 is 7.74. The highest BCUT2D eigenvalue weighted by Gasteiger charge is 2.26. The van der Waals surface area contributed by atoms with Gasteiger partial charge in [-0.2, -0.15) is 0 Å². The third kappa shape index (κ3) is 2.83. The Bertz CT molecular complexity index is 792. The molecule has 0 radical (unpaired) electrons. The van der Waals surface area contributed by atoms with E-state index in [1.807, 2.05) is 32.9 Å². The van der Waals surface area contributed by atoms with Crippen LogP contribution in [0.1, 0.15) is 27.2 Å². The number of nitrogens with zero attached hydrogens (tertiary/aromatic N) is 1. The van der Waals surface area contributed by atoms with Crippen LogP contribution in [0.15, 0.2) is 48.5 Å². The molecule has 0 bridgehead atoms. The number of para-hydroxylation sites is 2. The molecule has 2 aromatic carbocycles. The Hall–Kier alpha value is -2.29. The standard InChI is InChI=1S/C20H23NO2/c1-4-20(2,3)19(22)23-14-13-21-17-11-7-5-9-15(17)16-10-6-8-12-18(16)21/h5-12H,4,13-14H2,1-3H3. The van der Waals surface area contributed by atoms with Crippen LogP contribution >= 0.6 is 0 Å². The van der Waals surface area contributed by atoms with E-state index < -0.39 is 5.41 Å². The van der Waals surface area contributed by atoms with Crippen LogP contribution in [0.2, 0.25) is 0 Å². The van der Waals surface area contributed by atoms with Gasteiger partial charge in [-0.15, -0.1) is 0 Å². The number of benzene rings is 2. The molecule has 3 heteroatoms. The molecule has 0 saturated heterocycles. The van der Waals surface area contributed by atoms with Crippen LogP contribution < -0.4 is 0 Å². The van der Waals surface area contributed by atoms with Gasteiger partial charge in [0.25, 0.3) is 0 Å². The number of carbonyl (C=O) groups excluding carboxylic acids is 1. The molecule has 0 spiro atoms. The second kappa shape index (κ2) is 6.07. The molecular weight excluding hydrogens is 286 g/mol. The summed E-state index contributed by atoms with van der Waals surface area (Å²) in [6, 6.07) is 16.7. The molecular formula is C20H23NO2. The first-order valence-corrected chi connectivity index (χ1v) is 8.18. The van der Waals surface area contributed by atoms with E-state index in [2.05, 4.69) is 41.0 Å². The van der Waals surface area contributed by atoms with Crippen LogP contribution in [0.4, 0.5) is 0 Å². The lowest BCUT2D eigenvalue weighted by atomic mass is 9.91. The van der Waals surface area contributed by atoms with E-state index in [9.17, 15) is 4.79 Å². The predicted octanol–water partition coefficient (Wildman–Crippen LogP) is 4.77. The van der Waals surface area contributed by atoms with Crippen molar-refractivity contribution in [2.75, 3.05) is 6.61 Å². The number of ether oxygens (including phenoxy) is 1. The second-order valence-corrected chi connectivity index (χ2v) is 6.56. The average molecular weight is 309 g/mol. The third-order valence-corrected chi connectivity index (χ3v) is 4.66. The first-order chi connectivity index (χ1) is 11.0. The van der Waals surface area contributed by atoms with E-state index in [4.69, 9.17) is 4.74 Å². The second-order valence-electron chi connectivity index (χ2n) is 6.56. The summed E-state index contributed by atoms with van der Waals surface area (Å²) in [5, 5.41) is 2.48. The van der Waals surface area contributed by atoms with Crippen LogP contribution in [0.5, 0.6) is 0 Å². The van der Waals surface area contributed by atoms with E-state index in [1.54, 1.807) is 0 Å². The van der Waals surface area contributed by atoms with Gasteiger partial charge in [0.2, 0.25) is 0 Å². The summed E-state index contributed by atoms with van der Waals surface area (Å²) in [6.45, 7) is 6.92. The van der Waals surface area contributed by atoms with Crippen LogP contribution in [0.3, 0.4) is 0 Å². The molecule has 23 heavy (non-hydrogen) atoms. The monoisotopic (exact) mass is 309 g/mol. The maximum atomic E-state index is 12.1. The minimum Gasteiger partial charge on any atom is -0.463 e. The molecule has 0 fully saturated rings. The Morgan fingerprint density at radius 2 is 1.52 bits per heavy atom. The summed E-state index contributed by atoms with van der Waals surface area (Å²) in [7, 11) is 0. The molecule has 0 unspecified atom stereocenters. The molecule has 0 atom stereocenters. The molecule has 0 aliphatic rings. The Kier molecular flexibility index (Phi) is 4.12. The maximum absolute atomic E-state index is 12.1. The van der Waals surface area contributed by atoms with Gasteiger partial charge in [0.05, 0.1) is 12.0 Å². The van der Waals surface area contributed by atoms with E-state index in [0.29, 0.717) is 13.2 Å². The minimum atomic E-state index is -0.416. The summed E-state index contributed by atoms with van der Waals surface area (Å²) in [6.07, 6.45) is 0.779. The van der Waals surface area contributed by atoms with Crippen LogP contribution in [0.25, 0.3) is 21.8 Å². The van der Waals surface area contributed by atoms with Crippen molar-refractivity contribution in [3.8, 4) is 0 Å². The van der Waals surface area contributed by atoms with Gasteiger partial charge in [-0.25, -0.2) is 0 Å². The smallest absolute Gasteiger partial charge is 0.311 e. The summed E-state index contributed by atoms with van der Waals surface area (Å²) in [4.78, 5) is 12.1. The number of fused-ring (bicyclic) bond motifs is 3. The first kappa shape index (κ1) is 15.6. The predicted molar refractivity (Wildman–Crippen MR) is 94.5 cm³/mol. The van der Waals surface area contributed by atoms with Crippen LogP contribution in [-0.2, 0) is 16.1 Å². The average Bonchev–Trinajstić information content (AvgIpc) is 2.89. The zero-order valence-corrected chi connectivity index (χ0v) is 14.0. The number of hydrogen-bond acceptors (Lipinski definition) is 2. The fourth-order valence-corrected chi connectivity index (χ4v) is 2.81. The molecule has 0 saturated carbocycles. The Morgan fingerprint density at radius 1 is 1.00 bits per heavy atom. The van der Waals surface area contributed by atoms with Crippen LogP contribution in [0, 0.1) is 5.41 Å². The molecule has 0 N–H and O–H groups in total. The van der Waals surface area contributed by atoms with Gasteiger partial charge in [-0.1, -0.05) is 43.3 Å². The number of hydrogen-bond donors (Lipinski definition) is 0. The van der Waals surface area contributed by atoms with Crippen molar-refractivity contribution >= 4 is 27.8 Å². The van der Waals surface area contributed by atoms with Gasteiger partial charge in [-0.3, -0.25) is 4.79 Å². The molecule has 3 rings (SSSR count). The number of rotatable bonds is 5. The van der Waals surface area contributed by atoms with Crippen molar-refractivity contribution in [2.24, 2.45) is 5.41 Å². The lowest BCUT2D eigenvalue weighted by molar-refractivity contribution is -0.154. The Balaban J connectivity index is 1.86. The van der Waals surface area contributed by atoms with Crippen molar-refractivity contribution in [3.63, 3.8) is 0 Å². The normalized spacial score (nSPS) is 12.0. The largest absolute Gasteiger partial charge is 0.463 e. The number of carbonyl (C=O) groups is 1. The van der Waals surface area contributed by atoms with Crippen molar-refractivity contribution in [1.29, 1.82) is 0 Å². The van der Waals surface area contributed by atoms with Gasteiger partial charge in [0.15, 0.2) is 0 Å². The number of aromatic nitrogens is 1. The molecule has 3 nitrogen and oxygen atoms in total. The minimum absolute atomic E-state index is 0.124. The fourth-order valence-electron chi connectivity index (χ4n) is 2.81. The zero-order valence-electron chi connectivity index (χ0n) is 14.0. The fraction of sp³-hybridized carbons (Fsp3) is 0.350. The van der Waals surface area contributed by atoms with Gasteiger partial charge >= 0.3 is 5.97 Å². The van der Waals surface area contributed by atoms with Crippen LogP contribution in [-0.4, -0.2) is 17.1 Å². The van der Waals surface area contributed by atoms with Gasteiger partial charge in [0.1, 0.15) is 6.61 Å². The molecule has 0 aliphatic carbocycles. The van der Waals surface area contributed by atoms with E-state index in [1.165, 1.54) is 21.8 Å². The highest BCUT2D eigenvalue weighted by molar-refractivity contribution is 6.07. The summed E-state index contributed by atoms with van der Waals surface area (Å²) >= 11 is 0. The Labute approximate surface area is 136 Å². The van der Waals surface area contributed by atoms with E-state index in [-0.39, 0.29) is 5.97 Å². The molecule has 0 aliphatic heterocycles. The van der Waals surface area contributed by atoms with Gasteiger partial charge < -0.3 is 9.30 Å². The van der Waals surface area contributed by atoms with Gasteiger partial charge in [-0.05, 0) is 32.4 Å². The van der Waals surface area contributed by atoms with Crippen molar-refractivity contribution in [2.45, 2.75) is 33.7 Å². The Morgan fingerprint density at radius 3 is 2.04 bits per heavy atom. The lowest BCUT2D eigenvalue weighted by Gasteiger charge is -2.20. The van der Waals surface area contributed by atoms with Crippen molar-refractivity contribution < 1.29 is 9.53 Å². The van der Waals surface area contributed by atoms with Crippen molar-refractivity contribution in [3.05, 3.63) is 48.5 Å². The topological polar surface area (TPSA) is 31.2 Å². The molecule has 3 aromatic rings. The highest BCUT2D eigenvalue weighted by Crippen LogP contribution is 2.28. The lowest BCUT2D eigenvalue weighted by Crippen LogP contribution is -2.26. The molecule has 0 amide bonds. The first-order valence-electron chi connectivity index (χ1n) is 8.18. The van der Waals surface area contributed by atoms with E-state index >= 15 is 0 Å². The SMILES string of the molecule is CCC(C)(C)C(=O)OCCn1c2ccccc2c2ccccc21. The number of esters is 1. The molecule has 1 aromatic heterocycles. The van der Waals surface area contributed by atoms with Gasteiger partial charge in [0, 0.05) is 21.8 Å². The zero-order chi connectivity index (χ0) is 16.4. The highest BCUT2D eigenvalue weighted by atomic mass is 16.5. The summed E-state index contributed by atoms with van der Waals surface area (Å²) in [5.41, 5.74) is 1.94. The third-order valence-electron chi connectivity index (χ3n) is 4.66. The summed E-state index contributed by atoms with van der Waals surface area (Å²) in [5.74, 6) is -0.124. The molecule has 120 valence electrons. The van der Waals surface area contributed by atoms with E-state index in [0.717, 1.165) is 6.42 Å². The maximum Gasteiger partial charge on any atom is 0.311 e. The quantitative estimate of drug-likeness (QED) is 0.635. The van der Waals surface area contributed by atoms with Crippen molar-refractivity contribution in [1.82, 2.24) is 4.57 Å².